The monoisotopic (exact) mass is 344 g/mol. The van der Waals surface area contributed by atoms with E-state index in [1.807, 2.05) is 26.8 Å². The second-order valence-corrected chi connectivity index (χ2v) is 5.86. The number of methoxy groups -OCH3 is 1. The fourth-order valence-corrected chi connectivity index (χ4v) is 2.18. The van der Waals surface area contributed by atoms with Crippen LogP contribution in [0.5, 0.6) is 5.75 Å². The maximum atomic E-state index is 11.8. The Balaban J connectivity index is 2.71. The molecular weight excluding hydrogens is 324 g/mol. The fourth-order valence-electron chi connectivity index (χ4n) is 1.62. The highest BCUT2D eigenvalue weighted by Gasteiger charge is 2.14. The van der Waals surface area contributed by atoms with Crippen LogP contribution in [-0.2, 0) is 0 Å². The Morgan fingerprint density at radius 2 is 2.10 bits per heavy atom. The molecule has 0 fully saturated rings. The van der Waals surface area contributed by atoms with Crippen LogP contribution in [0.25, 0.3) is 0 Å². The largest absolute Gasteiger partial charge is 0.495 e. The normalized spacial score (nSPS) is 12.2. The van der Waals surface area contributed by atoms with Gasteiger partial charge in [0.2, 0.25) is 0 Å². The zero-order valence-corrected chi connectivity index (χ0v) is 13.7. The predicted octanol–water partition coefficient (Wildman–Crippen LogP) is 2.90. The van der Waals surface area contributed by atoms with Gasteiger partial charge in [0.05, 0.1) is 18.9 Å². The van der Waals surface area contributed by atoms with Crippen molar-refractivity contribution < 1.29 is 14.6 Å². The molecule has 0 aliphatic carbocycles. The van der Waals surface area contributed by atoms with E-state index in [-0.39, 0.29) is 18.5 Å². The van der Waals surface area contributed by atoms with Crippen molar-refractivity contribution in [2.45, 2.75) is 26.9 Å². The second kappa shape index (κ2) is 7.50. The lowest BCUT2D eigenvalue weighted by Crippen LogP contribution is -2.37. The summed E-state index contributed by atoms with van der Waals surface area (Å²) < 4.78 is 6.13. The Morgan fingerprint density at radius 3 is 2.65 bits per heavy atom. The van der Waals surface area contributed by atoms with Gasteiger partial charge in [-0.25, -0.2) is 4.79 Å². The van der Waals surface area contributed by atoms with Crippen molar-refractivity contribution in [1.29, 1.82) is 0 Å². The number of amides is 2. The number of nitrogens with one attached hydrogen (secondary N) is 2. The van der Waals surface area contributed by atoms with Crippen molar-refractivity contribution in [1.82, 2.24) is 5.32 Å². The van der Waals surface area contributed by atoms with Crippen LogP contribution in [0.15, 0.2) is 16.6 Å². The molecule has 1 unspecified atom stereocenters. The minimum atomic E-state index is -0.561. The zero-order valence-electron chi connectivity index (χ0n) is 12.2. The van der Waals surface area contributed by atoms with E-state index < -0.39 is 6.10 Å². The Labute approximate surface area is 127 Å². The summed E-state index contributed by atoms with van der Waals surface area (Å²) in [7, 11) is 1.55. The number of ether oxygens (including phenoxy) is 1. The summed E-state index contributed by atoms with van der Waals surface area (Å²) in [5.74, 6) is 0.677. The maximum Gasteiger partial charge on any atom is 0.319 e. The Morgan fingerprint density at radius 1 is 1.45 bits per heavy atom. The quantitative estimate of drug-likeness (QED) is 0.769. The molecule has 0 saturated heterocycles. The minimum absolute atomic E-state index is 0.0965. The van der Waals surface area contributed by atoms with Crippen molar-refractivity contribution in [3.8, 4) is 5.75 Å². The van der Waals surface area contributed by atoms with Crippen molar-refractivity contribution in [3.63, 3.8) is 0 Å². The third-order valence-corrected chi connectivity index (χ3v) is 3.42. The van der Waals surface area contributed by atoms with E-state index in [1.165, 1.54) is 0 Å². The third kappa shape index (κ3) is 4.68. The summed E-state index contributed by atoms with van der Waals surface area (Å²) in [6.07, 6.45) is -0.561. The number of aliphatic hydroxyl groups is 1. The van der Waals surface area contributed by atoms with Crippen LogP contribution in [0, 0.1) is 12.8 Å². The van der Waals surface area contributed by atoms with E-state index in [0.29, 0.717) is 11.4 Å². The Kier molecular flexibility index (Phi) is 6.29. The molecule has 1 atom stereocenters. The summed E-state index contributed by atoms with van der Waals surface area (Å²) in [6, 6.07) is 3.31. The van der Waals surface area contributed by atoms with Crippen molar-refractivity contribution in [2.24, 2.45) is 5.92 Å². The molecule has 0 aromatic heterocycles. The summed E-state index contributed by atoms with van der Waals surface area (Å²) >= 11 is 3.38. The number of benzene rings is 1. The average molecular weight is 345 g/mol. The lowest BCUT2D eigenvalue weighted by Gasteiger charge is -2.17. The first-order valence-electron chi connectivity index (χ1n) is 6.42. The van der Waals surface area contributed by atoms with Gasteiger partial charge in [-0.3, -0.25) is 0 Å². The number of anilines is 1. The highest BCUT2D eigenvalue weighted by molar-refractivity contribution is 9.10. The standard InChI is InChI=1S/C14H21BrN2O3/c1-8(2)11(18)7-16-14(19)17-13-9(3)5-10(15)6-12(13)20-4/h5-6,8,11,18H,7H2,1-4H3,(H2,16,17,19). The predicted molar refractivity (Wildman–Crippen MR) is 83.3 cm³/mol. The molecule has 6 heteroatoms. The number of hydrogen-bond donors (Lipinski definition) is 3. The van der Waals surface area contributed by atoms with Gasteiger partial charge < -0.3 is 20.5 Å². The molecule has 5 nitrogen and oxygen atoms in total. The van der Waals surface area contributed by atoms with Gasteiger partial charge in [-0.05, 0) is 30.5 Å². The minimum Gasteiger partial charge on any atom is -0.495 e. The molecule has 112 valence electrons. The van der Waals surface area contributed by atoms with Crippen molar-refractivity contribution in [2.75, 3.05) is 19.0 Å². The van der Waals surface area contributed by atoms with Crippen molar-refractivity contribution >= 4 is 27.6 Å². The average Bonchev–Trinajstić information content (AvgIpc) is 2.38. The number of carbonyl (C=O) groups excluding carboxylic acids is 1. The number of rotatable bonds is 5. The summed E-state index contributed by atoms with van der Waals surface area (Å²) in [6.45, 7) is 5.88. The molecule has 0 bridgehead atoms. The van der Waals surface area contributed by atoms with Gasteiger partial charge in [0.1, 0.15) is 5.75 Å². The maximum absolute atomic E-state index is 11.8. The molecule has 2 amide bonds. The number of aliphatic hydroxyl groups excluding tert-OH is 1. The smallest absolute Gasteiger partial charge is 0.319 e. The molecule has 0 heterocycles. The van der Waals surface area contributed by atoms with Gasteiger partial charge in [-0.2, -0.15) is 0 Å². The number of carbonyl (C=O) groups is 1. The lowest BCUT2D eigenvalue weighted by molar-refractivity contribution is 0.126. The topological polar surface area (TPSA) is 70.6 Å². The SMILES string of the molecule is COc1cc(Br)cc(C)c1NC(=O)NCC(O)C(C)C. The molecule has 0 spiro atoms. The first kappa shape index (κ1) is 16.8. The Bertz CT molecular complexity index is 478. The van der Waals surface area contributed by atoms with Gasteiger partial charge >= 0.3 is 6.03 Å². The van der Waals surface area contributed by atoms with Gasteiger partial charge in [0, 0.05) is 11.0 Å². The van der Waals surface area contributed by atoms with Crippen LogP contribution < -0.4 is 15.4 Å². The zero-order chi connectivity index (χ0) is 15.3. The fraction of sp³-hybridized carbons (Fsp3) is 0.500. The molecule has 0 saturated carbocycles. The van der Waals surface area contributed by atoms with E-state index in [4.69, 9.17) is 4.74 Å². The lowest BCUT2D eigenvalue weighted by atomic mass is 10.1. The number of urea groups is 1. The molecule has 0 radical (unpaired) electrons. The van der Waals surface area contributed by atoms with Crippen LogP contribution in [0.3, 0.4) is 0 Å². The third-order valence-electron chi connectivity index (χ3n) is 2.96. The van der Waals surface area contributed by atoms with Gasteiger partial charge in [-0.15, -0.1) is 0 Å². The molecule has 3 N–H and O–H groups in total. The Hall–Kier alpha value is -1.27. The van der Waals surface area contributed by atoms with Crippen LogP contribution in [0.2, 0.25) is 0 Å². The van der Waals surface area contributed by atoms with Gasteiger partial charge in [0.25, 0.3) is 0 Å². The van der Waals surface area contributed by atoms with E-state index in [1.54, 1.807) is 13.2 Å². The summed E-state index contributed by atoms with van der Waals surface area (Å²) in [4.78, 5) is 11.8. The molecule has 20 heavy (non-hydrogen) atoms. The van der Waals surface area contributed by atoms with Gasteiger partial charge in [-0.1, -0.05) is 29.8 Å². The van der Waals surface area contributed by atoms with Crippen LogP contribution in [0.1, 0.15) is 19.4 Å². The van der Waals surface area contributed by atoms with Crippen LogP contribution >= 0.6 is 15.9 Å². The van der Waals surface area contributed by atoms with E-state index >= 15 is 0 Å². The second-order valence-electron chi connectivity index (χ2n) is 4.95. The van der Waals surface area contributed by atoms with Gasteiger partial charge in [0.15, 0.2) is 0 Å². The first-order chi connectivity index (χ1) is 9.35. The van der Waals surface area contributed by atoms with Crippen LogP contribution in [0.4, 0.5) is 10.5 Å². The molecule has 0 aliphatic rings. The summed E-state index contributed by atoms with van der Waals surface area (Å²) in [5, 5.41) is 15.0. The first-order valence-corrected chi connectivity index (χ1v) is 7.21. The molecule has 1 aromatic rings. The number of aryl methyl sites for hydroxylation is 1. The number of hydrogen-bond acceptors (Lipinski definition) is 3. The summed E-state index contributed by atoms with van der Waals surface area (Å²) in [5.41, 5.74) is 1.50. The molecule has 1 aromatic carbocycles. The van der Waals surface area contributed by atoms with Crippen molar-refractivity contribution in [3.05, 3.63) is 22.2 Å². The van der Waals surface area contributed by atoms with E-state index in [9.17, 15) is 9.90 Å². The van der Waals surface area contributed by atoms with Crippen LogP contribution in [-0.4, -0.2) is 30.9 Å². The molecule has 1 rings (SSSR count). The highest BCUT2D eigenvalue weighted by Crippen LogP contribution is 2.31. The number of halogens is 1. The van der Waals surface area contributed by atoms with E-state index in [0.717, 1.165) is 10.0 Å². The van der Waals surface area contributed by atoms with E-state index in [2.05, 4.69) is 26.6 Å². The molecule has 0 aliphatic heterocycles. The molecular formula is C14H21BrN2O3. The highest BCUT2D eigenvalue weighted by atomic mass is 79.9.